The van der Waals surface area contributed by atoms with Gasteiger partial charge in [-0.2, -0.15) is 0 Å². The summed E-state index contributed by atoms with van der Waals surface area (Å²) in [5.41, 5.74) is 1.35. The van der Waals surface area contributed by atoms with Crippen LogP contribution in [0.5, 0.6) is 0 Å². The molecule has 0 aliphatic carbocycles. The summed E-state index contributed by atoms with van der Waals surface area (Å²) in [6, 6.07) is 15.6. The summed E-state index contributed by atoms with van der Waals surface area (Å²) in [4.78, 5) is 0. The quantitative estimate of drug-likeness (QED) is 0.759. The van der Waals surface area contributed by atoms with E-state index < -0.39 is 0 Å². The van der Waals surface area contributed by atoms with Crippen LogP contribution in [0.15, 0.2) is 42.5 Å². The van der Waals surface area contributed by atoms with E-state index in [1.165, 1.54) is 16.3 Å². The highest BCUT2D eigenvalue weighted by atomic mass is 16.5. The predicted molar refractivity (Wildman–Crippen MR) is 81.5 cm³/mol. The molecule has 0 spiro atoms. The van der Waals surface area contributed by atoms with Crippen molar-refractivity contribution in [1.82, 2.24) is 5.32 Å². The number of nitrogens with one attached hydrogen (secondary N) is 1. The molecule has 0 saturated carbocycles. The summed E-state index contributed by atoms with van der Waals surface area (Å²) in [7, 11) is 0. The second-order valence-corrected chi connectivity index (χ2v) is 4.70. The van der Waals surface area contributed by atoms with E-state index >= 15 is 0 Å². The van der Waals surface area contributed by atoms with E-state index in [1.807, 2.05) is 6.92 Å². The Balaban J connectivity index is 2.17. The average Bonchev–Trinajstić information content (AvgIpc) is 2.46. The standard InChI is InChI=1S/C17H23NO/c1-3-18-17(11-12-19-4-2)16-10-9-14-7-5-6-8-15(14)13-16/h5-10,13,17-18H,3-4,11-12H2,1-2H3. The van der Waals surface area contributed by atoms with Gasteiger partial charge in [0.05, 0.1) is 0 Å². The number of ether oxygens (including phenoxy) is 1. The lowest BCUT2D eigenvalue weighted by Crippen LogP contribution is -2.22. The lowest BCUT2D eigenvalue weighted by Gasteiger charge is -2.18. The maximum absolute atomic E-state index is 5.48. The van der Waals surface area contributed by atoms with Crippen LogP contribution in [0.4, 0.5) is 0 Å². The number of rotatable bonds is 7. The first kappa shape index (κ1) is 14.0. The number of hydrogen-bond acceptors (Lipinski definition) is 2. The Hall–Kier alpha value is -1.38. The first-order chi connectivity index (χ1) is 9.35. The first-order valence-electron chi connectivity index (χ1n) is 7.15. The summed E-state index contributed by atoms with van der Waals surface area (Å²) in [6.45, 7) is 6.76. The smallest absolute Gasteiger partial charge is 0.0484 e. The van der Waals surface area contributed by atoms with Crippen molar-refractivity contribution in [3.63, 3.8) is 0 Å². The molecule has 0 saturated heterocycles. The molecule has 0 radical (unpaired) electrons. The normalized spacial score (nSPS) is 12.7. The summed E-state index contributed by atoms with van der Waals surface area (Å²) in [6.07, 6.45) is 1.01. The zero-order chi connectivity index (χ0) is 13.5. The highest BCUT2D eigenvalue weighted by molar-refractivity contribution is 5.83. The van der Waals surface area contributed by atoms with E-state index in [0.717, 1.165) is 26.2 Å². The molecule has 2 nitrogen and oxygen atoms in total. The fourth-order valence-electron chi connectivity index (χ4n) is 2.40. The van der Waals surface area contributed by atoms with Gasteiger partial charge in [-0.1, -0.05) is 43.3 Å². The molecule has 0 heterocycles. The van der Waals surface area contributed by atoms with Crippen molar-refractivity contribution in [2.24, 2.45) is 0 Å². The van der Waals surface area contributed by atoms with E-state index in [0.29, 0.717) is 6.04 Å². The first-order valence-corrected chi connectivity index (χ1v) is 7.15. The molecule has 0 fully saturated rings. The monoisotopic (exact) mass is 257 g/mol. The van der Waals surface area contributed by atoms with Crippen molar-refractivity contribution in [3.05, 3.63) is 48.0 Å². The highest BCUT2D eigenvalue weighted by Crippen LogP contribution is 2.22. The van der Waals surface area contributed by atoms with Crippen molar-refractivity contribution in [3.8, 4) is 0 Å². The van der Waals surface area contributed by atoms with Crippen LogP contribution in [0, 0.1) is 0 Å². The SMILES string of the molecule is CCNC(CCOCC)c1ccc2ccccc2c1. The molecule has 0 amide bonds. The minimum absolute atomic E-state index is 0.376. The summed E-state index contributed by atoms with van der Waals surface area (Å²) in [5.74, 6) is 0. The Morgan fingerprint density at radius 3 is 2.58 bits per heavy atom. The van der Waals surface area contributed by atoms with Gasteiger partial charge in [-0.05, 0) is 42.3 Å². The Bertz CT molecular complexity index is 509. The van der Waals surface area contributed by atoms with Crippen molar-refractivity contribution < 1.29 is 4.74 Å². The van der Waals surface area contributed by atoms with Gasteiger partial charge in [0.15, 0.2) is 0 Å². The van der Waals surface area contributed by atoms with Crippen LogP contribution >= 0.6 is 0 Å². The maximum Gasteiger partial charge on any atom is 0.0484 e. The van der Waals surface area contributed by atoms with Gasteiger partial charge < -0.3 is 10.1 Å². The minimum atomic E-state index is 0.376. The topological polar surface area (TPSA) is 21.3 Å². The number of benzene rings is 2. The van der Waals surface area contributed by atoms with Crippen LogP contribution in [0.3, 0.4) is 0 Å². The predicted octanol–water partition coefficient (Wildman–Crippen LogP) is 3.92. The van der Waals surface area contributed by atoms with Crippen LogP contribution in [-0.2, 0) is 4.74 Å². The van der Waals surface area contributed by atoms with Crippen LogP contribution in [0.2, 0.25) is 0 Å². The van der Waals surface area contributed by atoms with Gasteiger partial charge >= 0.3 is 0 Å². The number of hydrogen-bond donors (Lipinski definition) is 1. The third-order valence-electron chi connectivity index (χ3n) is 3.38. The zero-order valence-corrected chi connectivity index (χ0v) is 11.9. The second-order valence-electron chi connectivity index (χ2n) is 4.70. The van der Waals surface area contributed by atoms with Crippen LogP contribution in [-0.4, -0.2) is 19.8 Å². The van der Waals surface area contributed by atoms with Crippen molar-refractivity contribution in [2.75, 3.05) is 19.8 Å². The summed E-state index contributed by atoms with van der Waals surface area (Å²) in [5, 5.41) is 6.14. The molecule has 1 atom stereocenters. The fourth-order valence-corrected chi connectivity index (χ4v) is 2.40. The lowest BCUT2D eigenvalue weighted by atomic mass is 10.00. The zero-order valence-electron chi connectivity index (χ0n) is 11.9. The van der Waals surface area contributed by atoms with Crippen LogP contribution < -0.4 is 5.32 Å². The molecule has 2 rings (SSSR count). The van der Waals surface area contributed by atoms with Gasteiger partial charge in [0.25, 0.3) is 0 Å². The van der Waals surface area contributed by atoms with Crippen molar-refractivity contribution >= 4 is 10.8 Å². The van der Waals surface area contributed by atoms with Gasteiger partial charge in [-0.25, -0.2) is 0 Å². The largest absolute Gasteiger partial charge is 0.382 e. The Kier molecular flexibility index (Phi) is 5.37. The molecule has 2 heteroatoms. The molecule has 1 unspecified atom stereocenters. The maximum atomic E-state index is 5.48. The second kappa shape index (κ2) is 7.27. The van der Waals surface area contributed by atoms with Crippen LogP contribution in [0.1, 0.15) is 31.9 Å². The van der Waals surface area contributed by atoms with Gasteiger partial charge in [-0.15, -0.1) is 0 Å². The number of fused-ring (bicyclic) bond motifs is 1. The van der Waals surface area contributed by atoms with Crippen molar-refractivity contribution in [2.45, 2.75) is 26.3 Å². The summed E-state index contributed by atoms with van der Waals surface area (Å²) < 4.78 is 5.48. The summed E-state index contributed by atoms with van der Waals surface area (Å²) >= 11 is 0. The van der Waals surface area contributed by atoms with Crippen molar-refractivity contribution in [1.29, 1.82) is 0 Å². The molecular weight excluding hydrogens is 234 g/mol. The molecule has 2 aromatic rings. The van der Waals surface area contributed by atoms with Gasteiger partial charge in [0.1, 0.15) is 0 Å². The van der Waals surface area contributed by atoms with E-state index in [2.05, 4.69) is 54.7 Å². The molecular formula is C17H23NO. The van der Waals surface area contributed by atoms with E-state index in [4.69, 9.17) is 4.74 Å². The third kappa shape index (κ3) is 3.79. The van der Waals surface area contributed by atoms with E-state index in [-0.39, 0.29) is 0 Å². The molecule has 1 N–H and O–H groups in total. The fraction of sp³-hybridized carbons (Fsp3) is 0.412. The van der Waals surface area contributed by atoms with Crippen LogP contribution in [0.25, 0.3) is 10.8 Å². The molecule has 2 aromatic carbocycles. The average molecular weight is 257 g/mol. The minimum Gasteiger partial charge on any atom is -0.382 e. The molecule has 0 aliphatic heterocycles. The van der Waals surface area contributed by atoms with E-state index in [1.54, 1.807) is 0 Å². The lowest BCUT2D eigenvalue weighted by molar-refractivity contribution is 0.136. The molecule has 102 valence electrons. The van der Waals surface area contributed by atoms with Gasteiger partial charge in [0, 0.05) is 19.3 Å². The third-order valence-corrected chi connectivity index (χ3v) is 3.38. The molecule has 0 aromatic heterocycles. The Labute approximate surface area is 115 Å². The van der Waals surface area contributed by atoms with Gasteiger partial charge in [0.2, 0.25) is 0 Å². The molecule has 19 heavy (non-hydrogen) atoms. The van der Waals surface area contributed by atoms with E-state index in [9.17, 15) is 0 Å². The molecule has 0 bridgehead atoms. The van der Waals surface area contributed by atoms with Gasteiger partial charge in [-0.3, -0.25) is 0 Å². The molecule has 0 aliphatic rings. The highest BCUT2D eigenvalue weighted by Gasteiger charge is 2.10. The Morgan fingerprint density at radius 2 is 1.84 bits per heavy atom. The Morgan fingerprint density at radius 1 is 1.05 bits per heavy atom.